The summed E-state index contributed by atoms with van der Waals surface area (Å²) in [7, 11) is 1.43. The van der Waals surface area contributed by atoms with Crippen molar-refractivity contribution in [3.8, 4) is 5.75 Å². The maximum Gasteiger partial charge on any atom is 0.317 e. The Labute approximate surface area is 142 Å². The summed E-state index contributed by atoms with van der Waals surface area (Å²) in [5.41, 5.74) is 0.724. The highest BCUT2D eigenvalue weighted by molar-refractivity contribution is 5.74. The molecule has 2 heterocycles. The summed E-state index contributed by atoms with van der Waals surface area (Å²) in [6.07, 6.45) is 3.27. The van der Waals surface area contributed by atoms with Crippen molar-refractivity contribution >= 4 is 6.03 Å². The minimum atomic E-state index is -0.412. The van der Waals surface area contributed by atoms with Crippen molar-refractivity contribution in [2.24, 2.45) is 11.8 Å². The van der Waals surface area contributed by atoms with E-state index in [1.54, 1.807) is 12.1 Å². The fourth-order valence-corrected chi connectivity index (χ4v) is 3.65. The van der Waals surface area contributed by atoms with E-state index in [4.69, 9.17) is 9.47 Å². The maximum absolute atomic E-state index is 13.7. The normalized spacial score (nSPS) is 21.8. The number of nitrogens with zero attached hydrogens (tertiary/aromatic N) is 1. The van der Waals surface area contributed by atoms with Crippen LogP contribution < -0.4 is 10.1 Å². The van der Waals surface area contributed by atoms with Crippen LogP contribution in [0.2, 0.25) is 0 Å². The molecule has 2 amide bonds. The molecule has 0 aliphatic carbocycles. The van der Waals surface area contributed by atoms with E-state index in [-0.39, 0.29) is 11.8 Å². The second-order valence-electron chi connectivity index (χ2n) is 6.57. The molecular weight excluding hydrogens is 311 g/mol. The summed E-state index contributed by atoms with van der Waals surface area (Å²) in [5.74, 6) is 1.05. The van der Waals surface area contributed by atoms with Crippen LogP contribution in [0.4, 0.5) is 9.18 Å². The van der Waals surface area contributed by atoms with Gasteiger partial charge < -0.3 is 19.7 Å². The maximum atomic E-state index is 13.7. The van der Waals surface area contributed by atoms with Gasteiger partial charge in [0.15, 0.2) is 11.6 Å². The Hall–Kier alpha value is -1.82. The number of nitrogens with one attached hydrogen (secondary N) is 1. The number of hydrogen-bond acceptors (Lipinski definition) is 3. The fourth-order valence-electron chi connectivity index (χ4n) is 3.65. The standard InChI is InChI=1S/C18H25FN2O3/c1-23-17-3-2-13(10-16(17)19)11-20-18(22)21-7-4-15(12-21)14-5-8-24-9-6-14/h2-3,10,14-15H,4-9,11-12H2,1H3,(H,20,22)/t15-/m0/s1. The first-order valence-electron chi connectivity index (χ1n) is 8.60. The lowest BCUT2D eigenvalue weighted by atomic mass is 9.85. The monoisotopic (exact) mass is 336 g/mol. The molecule has 2 fully saturated rings. The van der Waals surface area contributed by atoms with Gasteiger partial charge in [0.1, 0.15) is 0 Å². The molecule has 1 N–H and O–H groups in total. The third-order valence-electron chi connectivity index (χ3n) is 5.10. The number of methoxy groups -OCH3 is 1. The highest BCUT2D eigenvalue weighted by atomic mass is 19.1. The van der Waals surface area contributed by atoms with E-state index in [1.165, 1.54) is 13.2 Å². The van der Waals surface area contributed by atoms with Crippen molar-refractivity contribution in [3.63, 3.8) is 0 Å². The molecule has 5 nitrogen and oxygen atoms in total. The van der Waals surface area contributed by atoms with Crippen LogP contribution in [0.1, 0.15) is 24.8 Å². The predicted octanol–water partition coefficient (Wildman–Crippen LogP) is 2.79. The highest BCUT2D eigenvalue weighted by Gasteiger charge is 2.32. The molecule has 1 aromatic carbocycles. The highest BCUT2D eigenvalue weighted by Crippen LogP contribution is 2.31. The molecule has 3 rings (SSSR count). The van der Waals surface area contributed by atoms with Gasteiger partial charge in [0.25, 0.3) is 0 Å². The molecule has 0 bridgehead atoms. The largest absolute Gasteiger partial charge is 0.494 e. The zero-order valence-electron chi connectivity index (χ0n) is 14.1. The first-order chi connectivity index (χ1) is 11.7. The Bertz CT molecular complexity index is 575. The summed E-state index contributed by atoms with van der Waals surface area (Å²) < 4.78 is 24.0. The second kappa shape index (κ2) is 7.83. The van der Waals surface area contributed by atoms with Gasteiger partial charge in [-0.25, -0.2) is 9.18 Å². The third-order valence-corrected chi connectivity index (χ3v) is 5.10. The van der Waals surface area contributed by atoms with E-state index >= 15 is 0 Å². The Kier molecular flexibility index (Phi) is 5.56. The van der Waals surface area contributed by atoms with E-state index in [0.717, 1.165) is 51.1 Å². The molecule has 24 heavy (non-hydrogen) atoms. The van der Waals surface area contributed by atoms with E-state index in [0.29, 0.717) is 18.4 Å². The van der Waals surface area contributed by atoms with Gasteiger partial charge in [0.2, 0.25) is 0 Å². The van der Waals surface area contributed by atoms with Crippen molar-refractivity contribution in [1.82, 2.24) is 10.2 Å². The van der Waals surface area contributed by atoms with Gasteiger partial charge in [-0.3, -0.25) is 0 Å². The zero-order chi connectivity index (χ0) is 16.9. The number of urea groups is 1. The molecule has 1 atom stereocenters. The Morgan fingerprint density at radius 1 is 1.33 bits per heavy atom. The summed E-state index contributed by atoms with van der Waals surface area (Å²) in [4.78, 5) is 14.2. The Balaban J connectivity index is 1.48. The van der Waals surface area contributed by atoms with Crippen molar-refractivity contribution in [2.75, 3.05) is 33.4 Å². The number of carbonyl (C=O) groups excluding carboxylic acids is 1. The molecule has 132 valence electrons. The molecule has 0 radical (unpaired) electrons. The fraction of sp³-hybridized carbons (Fsp3) is 0.611. The Morgan fingerprint density at radius 2 is 2.12 bits per heavy atom. The molecule has 2 aliphatic heterocycles. The number of ether oxygens (including phenoxy) is 2. The summed E-state index contributed by atoms with van der Waals surface area (Å²) >= 11 is 0. The predicted molar refractivity (Wildman–Crippen MR) is 88.4 cm³/mol. The lowest BCUT2D eigenvalue weighted by molar-refractivity contribution is 0.0484. The molecule has 2 saturated heterocycles. The van der Waals surface area contributed by atoms with Crippen LogP contribution in [-0.2, 0) is 11.3 Å². The van der Waals surface area contributed by atoms with Crippen molar-refractivity contribution < 1.29 is 18.7 Å². The quantitative estimate of drug-likeness (QED) is 0.920. The van der Waals surface area contributed by atoms with Crippen molar-refractivity contribution in [3.05, 3.63) is 29.6 Å². The van der Waals surface area contributed by atoms with Gasteiger partial charge in [-0.05, 0) is 48.8 Å². The van der Waals surface area contributed by atoms with Gasteiger partial charge in [-0.1, -0.05) is 6.07 Å². The lowest BCUT2D eigenvalue weighted by Gasteiger charge is -2.27. The molecule has 0 unspecified atom stereocenters. The van der Waals surface area contributed by atoms with E-state index in [9.17, 15) is 9.18 Å². The molecule has 0 spiro atoms. The number of likely N-dealkylation sites (tertiary alicyclic amines) is 1. The van der Waals surface area contributed by atoms with Crippen molar-refractivity contribution in [1.29, 1.82) is 0 Å². The van der Waals surface area contributed by atoms with Gasteiger partial charge in [0.05, 0.1) is 7.11 Å². The average molecular weight is 336 g/mol. The average Bonchev–Trinajstić information content (AvgIpc) is 3.11. The second-order valence-corrected chi connectivity index (χ2v) is 6.57. The molecule has 0 saturated carbocycles. The summed E-state index contributed by atoms with van der Waals surface area (Å²) in [6, 6.07) is 4.67. The molecule has 0 aromatic heterocycles. The number of carbonyl (C=O) groups is 1. The van der Waals surface area contributed by atoms with E-state index in [1.807, 2.05) is 4.90 Å². The van der Waals surface area contributed by atoms with Gasteiger partial charge in [-0.15, -0.1) is 0 Å². The van der Waals surface area contributed by atoms with Crippen molar-refractivity contribution in [2.45, 2.75) is 25.8 Å². The SMILES string of the molecule is COc1ccc(CNC(=O)N2CC[C@H](C3CCOCC3)C2)cc1F. The smallest absolute Gasteiger partial charge is 0.317 e. The van der Waals surface area contributed by atoms with Crippen LogP contribution in [0.15, 0.2) is 18.2 Å². The van der Waals surface area contributed by atoms with E-state index in [2.05, 4.69) is 5.32 Å². The molecule has 6 heteroatoms. The number of halogens is 1. The molecule has 1 aromatic rings. The van der Waals surface area contributed by atoms with Crippen LogP contribution in [0.25, 0.3) is 0 Å². The van der Waals surface area contributed by atoms with Crippen LogP contribution in [0.3, 0.4) is 0 Å². The first-order valence-corrected chi connectivity index (χ1v) is 8.60. The zero-order valence-corrected chi connectivity index (χ0v) is 14.1. The van der Waals surface area contributed by atoms with E-state index < -0.39 is 5.82 Å². The Morgan fingerprint density at radius 3 is 2.83 bits per heavy atom. The number of amides is 2. The molecule has 2 aliphatic rings. The number of rotatable bonds is 4. The minimum absolute atomic E-state index is 0.0687. The number of benzene rings is 1. The topological polar surface area (TPSA) is 50.8 Å². The third kappa shape index (κ3) is 3.98. The first kappa shape index (κ1) is 17.0. The summed E-state index contributed by atoms with van der Waals surface area (Å²) in [6.45, 7) is 3.61. The van der Waals surface area contributed by atoms with Gasteiger partial charge in [-0.2, -0.15) is 0 Å². The van der Waals surface area contributed by atoms with Crippen LogP contribution in [0, 0.1) is 17.7 Å². The van der Waals surface area contributed by atoms with Gasteiger partial charge in [0, 0.05) is 32.8 Å². The molecular formula is C18H25FN2O3. The van der Waals surface area contributed by atoms with Gasteiger partial charge >= 0.3 is 6.03 Å². The summed E-state index contributed by atoms with van der Waals surface area (Å²) in [5, 5.41) is 2.88. The minimum Gasteiger partial charge on any atom is -0.494 e. The van der Waals surface area contributed by atoms with Crippen LogP contribution in [-0.4, -0.2) is 44.3 Å². The number of hydrogen-bond donors (Lipinski definition) is 1. The van der Waals surface area contributed by atoms with Crippen LogP contribution in [0.5, 0.6) is 5.75 Å². The van der Waals surface area contributed by atoms with Crippen LogP contribution >= 0.6 is 0 Å². The lowest BCUT2D eigenvalue weighted by Crippen LogP contribution is -2.38.